The van der Waals surface area contributed by atoms with E-state index in [1.165, 1.54) is 4.91 Å². The summed E-state index contributed by atoms with van der Waals surface area (Å²) in [6.07, 6.45) is 2.04. The van der Waals surface area contributed by atoms with Gasteiger partial charge in [0.25, 0.3) is 0 Å². The third-order valence-electron chi connectivity index (χ3n) is 3.90. The van der Waals surface area contributed by atoms with E-state index in [-0.39, 0.29) is 17.5 Å². The normalized spacial score (nSPS) is 29.6. The number of ketones is 2. The summed E-state index contributed by atoms with van der Waals surface area (Å²) < 4.78 is 0. The van der Waals surface area contributed by atoms with Gasteiger partial charge in [-0.2, -0.15) is 0 Å². The van der Waals surface area contributed by atoms with Crippen LogP contribution in [0.15, 0.2) is 34.7 Å². The second-order valence-corrected chi connectivity index (χ2v) is 6.08. The van der Waals surface area contributed by atoms with E-state index in [9.17, 15) is 9.59 Å². The molecule has 1 aromatic rings. The van der Waals surface area contributed by atoms with Gasteiger partial charge in [0.05, 0.1) is 5.92 Å². The van der Waals surface area contributed by atoms with Crippen molar-refractivity contribution in [3.8, 4) is 0 Å². The molecule has 2 atom stereocenters. The van der Waals surface area contributed by atoms with Crippen LogP contribution in [0.1, 0.15) is 33.6 Å². The summed E-state index contributed by atoms with van der Waals surface area (Å²) in [7, 11) is 0. The Bertz CT molecular complexity index is 600. The maximum Gasteiger partial charge on any atom is 0.191 e. The summed E-state index contributed by atoms with van der Waals surface area (Å²) in [6.45, 7) is 0. The zero-order valence-corrected chi connectivity index (χ0v) is 9.92. The maximum atomic E-state index is 12.4. The smallest absolute Gasteiger partial charge is 0.191 e. The number of fused-ring (bicyclic) bond motifs is 5. The summed E-state index contributed by atoms with van der Waals surface area (Å²) in [5, 5.41) is 0.324. The highest BCUT2D eigenvalue weighted by Gasteiger charge is 2.50. The van der Waals surface area contributed by atoms with E-state index >= 15 is 0 Å². The monoisotopic (exact) mass is 242 g/mol. The summed E-state index contributed by atoms with van der Waals surface area (Å²) in [4.78, 5) is 26.0. The average molecular weight is 242 g/mol. The fraction of sp³-hybridized carbons (Fsp3) is 0.286. The zero-order valence-electron chi connectivity index (χ0n) is 9.10. The number of thioether (sulfide) groups is 1. The van der Waals surface area contributed by atoms with Crippen molar-refractivity contribution >= 4 is 23.3 Å². The summed E-state index contributed by atoms with van der Waals surface area (Å²) in [5.41, 5.74) is 2.04. The molecule has 4 rings (SSSR count). The molecular formula is C14H10O2S. The number of rotatable bonds is 0. The van der Waals surface area contributed by atoms with E-state index in [1.54, 1.807) is 23.9 Å². The van der Waals surface area contributed by atoms with E-state index in [0.717, 1.165) is 18.4 Å². The van der Waals surface area contributed by atoms with E-state index in [2.05, 4.69) is 0 Å². The maximum absolute atomic E-state index is 12.4. The van der Waals surface area contributed by atoms with E-state index < -0.39 is 0 Å². The van der Waals surface area contributed by atoms with Gasteiger partial charge < -0.3 is 0 Å². The SMILES string of the molecule is O=C1C2=C3CCC(S3)C2C(=O)c2ccccc21. The number of Topliss-reactive ketones (excluding diaryl/α,β-unsaturated/α-hetero) is 2. The van der Waals surface area contributed by atoms with Gasteiger partial charge in [-0.1, -0.05) is 24.3 Å². The number of hydrogen-bond donors (Lipinski definition) is 0. The number of carbonyl (C=O) groups is 2. The second kappa shape index (κ2) is 3.10. The van der Waals surface area contributed by atoms with Crippen LogP contribution in [0.3, 0.4) is 0 Å². The first-order valence-corrected chi connectivity index (χ1v) is 6.73. The van der Waals surface area contributed by atoms with Gasteiger partial charge in [-0.3, -0.25) is 9.59 Å². The Kier molecular flexibility index (Phi) is 1.76. The highest BCUT2D eigenvalue weighted by Crippen LogP contribution is 2.55. The molecule has 3 heteroatoms. The Hall–Kier alpha value is -1.35. The second-order valence-electron chi connectivity index (χ2n) is 4.75. The van der Waals surface area contributed by atoms with Crippen LogP contribution < -0.4 is 0 Å². The Morgan fingerprint density at radius 3 is 2.71 bits per heavy atom. The molecule has 2 unspecified atom stereocenters. The van der Waals surface area contributed by atoms with Crippen molar-refractivity contribution in [2.75, 3.05) is 0 Å². The molecule has 0 N–H and O–H groups in total. The van der Waals surface area contributed by atoms with Gasteiger partial charge in [-0.05, 0) is 17.7 Å². The van der Waals surface area contributed by atoms with Gasteiger partial charge in [0.15, 0.2) is 11.6 Å². The molecule has 17 heavy (non-hydrogen) atoms. The highest BCUT2D eigenvalue weighted by molar-refractivity contribution is 8.04. The van der Waals surface area contributed by atoms with Crippen LogP contribution in [-0.2, 0) is 0 Å². The number of carbonyl (C=O) groups excluding carboxylic acids is 2. The lowest BCUT2D eigenvalue weighted by atomic mass is 9.73. The zero-order chi connectivity index (χ0) is 11.6. The Morgan fingerprint density at radius 1 is 1.12 bits per heavy atom. The standard InChI is InChI=1S/C14H10O2S/c15-13-7-3-1-2-4-8(7)14(16)12-10-6-5-9(17-10)11(12)13/h1-4,9,11H,5-6H2. The predicted octanol–water partition coefficient (Wildman–Crippen LogP) is 2.85. The molecule has 2 nitrogen and oxygen atoms in total. The van der Waals surface area contributed by atoms with Crippen LogP contribution in [0.4, 0.5) is 0 Å². The van der Waals surface area contributed by atoms with E-state index in [1.807, 2.05) is 12.1 Å². The molecule has 1 fully saturated rings. The van der Waals surface area contributed by atoms with Crippen LogP contribution in [-0.4, -0.2) is 16.8 Å². The Labute approximate surface area is 103 Å². The predicted molar refractivity (Wildman–Crippen MR) is 66.2 cm³/mol. The number of benzene rings is 1. The van der Waals surface area contributed by atoms with Crippen LogP contribution in [0.5, 0.6) is 0 Å². The Balaban J connectivity index is 2.01. The van der Waals surface area contributed by atoms with Gasteiger partial charge in [-0.15, -0.1) is 11.8 Å². The molecule has 0 aromatic heterocycles. The highest BCUT2D eigenvalue weighted by atomic mass is 32.2. The van der Waals surface area contributed by atoms with Gasteiger partial charge in [0, 0.05) is 21.9 Å². The molecular weight excluding hydrogens is 232 g/mol. The van der Waals surface area contributed by atoms with Crippen molar-refractivity contribution in [3.05, 3.63) is 45.9 Å². The molecule has 0 spiro atoms. The largest absolute Gasteiger partial charge is 0.293 e. The third kappa shape index (κ3) is 1.08. The minimum atomic E-state index is -0.147. The topological polar surface area (TPSA) is 34.1 Å². The van der Waals surface area contributed by atoms with Crippen LogP contribution in [0, 0.1) is 5.92 Å². The van der Waals surface area contributed by atoms with Crippen LogP contribution >= 0.6 is 11.8 Å². The lowest BCUT2D eigenvalue weighted by molar-refractivity contribution is 0.0878. The lowest BCUT2D eigenvalue weighted by Gasteiger charge is -2.27. The fourth-order valence-electron chi connectivity index (χ4n) is 3.14. The van der Waals surface area contributed by atoms with Crippen LogP contribution in [0.2, 0.25) is 0 Å². The molecule has 1 aromatic carbocycles. The van der Waals surface area contributed by atoms with Crippen molar-refractivity contribution in [1.82, 2.24) is 0 Å². The van der Waals surface area contributed by atoms with Gasteiger partial charge >= 0.3 is 0 Å². The van der Waals surface area contributed by atoms with Gasteiger partial charge in [0.1, 0.15) is 0 Å². The molecule has 0 saturated carbocycles. The first-order valence-electron chi connectivity index (χ1n) is 5.85. The third-order valence-corrected chi connectivity index (χ3v) is 5.42. The molecule has 2 heterocycles. The quantitative estimate of drug-likeness (QED) is 0.701. The van der Waals surface area contributed by atoms with Crippen molar-refractivity contribution < 1.29 is 9.59 Å². The van der Waals surface area contributed by atoms with Crippen molar-refractivity contribution in [2.45, 2.75) is 18.1 Å². The average Bonchev–Trinajstić information content (AvgIpc) is 2.96. The lowest BCUT2D eigenvalue weighted by Crippen LogP contribution is -2.34. The molecule has 3 aliphatic rings. The number of hydrogen-bond acceptors (Lipinski definition) is 3. The minimum absolute atomic E-state index is 0.0925. The summed E-state index contributed by atoms with van der Waals surface area (Å²) in [6, 6.07) is 7.22. The molecule has 0 radical (unpaired) electrons. The van der Waals surface area contributed by atoms with Crippen molar-refractivity contribution in [3.63, 3.8) is 0 Å². The van der Waals surface area contributed by atoms with Gasteiger partial charge in [-0.25, -0.2) is 0 Å². The molecule has 84 valence electrons. The minimum Gasteiger partial charge on any atom is -0.293 e. The Morgan fingerprint density at radius 2 is 1.88 bits per heavy atom. The fourth-order valence-corrected chi connectivity index (χ4v) is 4.72. The van der Waals surface area contributed by atoms with Crippen molar-refractivity contribution in [2.24, 2.45) is 5.92 Å². The first kappa shape index (κ1) is 9.66. The molecule has 1 saturated heterocycles. The van der Waals surface area contributed by atoms with Gasteiger partial charge in [0.2, 0.25) is 0 Å². The van der Waals surface area contributed by atoms with Crippen molar-refractivity contribution in [1.29, 1.82) is 0 Å². The summed E-state index contributed by atoms with van der Waals surface area (Å²) >= 11 is 1.75. The summed E-state index contributed by atoms with van der Waals surface area (Å²) in [5.74, 6) is 0.100. The molecule has 2 bridgehead atoms. The number of allylic oxidation sites excluding steroid dienone is 2. The molecule has 0 amide bonds. The van der Waals surface area contributed by atoms with E-state index in [4.69, 9.17) is 0 Å². The molecule has 1 aliphatic carbocycles. The molecule has 2 aliphatic heterocycles. The van der Waals surface area contributed by atoms with Crippen LogP contribution in [0.25, 0.3) is 0 Å². The first-order chi connectivity index (χ1) is 8.27. The van der Waals surface area contributed by atoms with E-state index in [0.29, 0.717) is 16.4 Å².